The predicted octanol–water partition coefficient (Wildman–Crippen LogP) is 7.89. The predicted molar refractivity (Wildman–Crippen MR) is 97.9 cm³/mol. The molecule has 1 atom stereocenters. The molecule has 122 valence electrons. The molecule has 0 spiro atoms. The molecule has 0 fully saturated rings. The molecule has 0 saturated heterocycles. The minimum absolute atomic E-state index is 0.919. The highest BCUT2D eigenvalue weighted by Crippen LogP contribution is 2.16. The highest BCUT2D eigenvalue weighted by molar-refractivity contribution is 9.09. The van der Waals surface area contributed by atoms with Crippen LogP contribution in [0.1, 0.15) is 110 Å². The van der Waals surface area contributed by atoms with Crippen molar-refractivity contribution in [3.8, 4) is 0 Å². The van der Waals surface area contributed by atoms with Crippen molar-refractivity contribution >= 4 is 15.9 Å². The van der Waals surface area contributed by atoms with Crippen LogP contribution in [0.5, 0.6) is 0 Å². The Hall–Kier alpha value is 0.480. The van der Waals surface area contributed by atoms with Gasteiger partial charge in [0.1, 0.15) is 0 Å². The molecular weight excluding hydrogens is 308 g/mol. The number of hydrogen-bond donors (Lipinski definition) is 0. The van der Waals surface area contributed by atoms with E-state index in [1.165, 1.54) is 102 Å². The van der Waals surface area contributed by atoms with Gasteiger partial charge >= 0.3 is 0 Å². The second-order valence-corrected chi connectivity index (χ2v) is 7.41. The molecule has 1 heteroatoms. The van der Waals surface area contributed by atoms with Crippen molar-refractivity contribution in [1.82, 2.24) is 0 Å². The Bertz CT molecular complexity index is 167. The molecule has 0 heterocycles. The SMILES string of the molecule is CCCCCCCCCCCCCCCC(C)CCBr. The Morgan fingerprint density at radius 1 is 0.600 bits per heavy atom. The van der Waals surface area contributed by atoms with Gasteiger partial charge in [0.05, 0.1) is 0 Å². The van der Waals surface area contributed by atoms with Crippen molar-refractivity contribution in [2.75, 3.05) is 5.33 Å². The molecule has 0 aromatic carbocycles. The van der Waals surface area contributed by atoms with E-state index < -0.39 is 0 Å². The van der Waals surface area contributed by atoms with Gasteiger partial charge in [-0.15, -0.1) is 0 Å². The summed E-state index contributed by atoms with van der Waals surface area (Å²) in [6.07, 6.45) is 21.8. The van der Waals surface area contributed by atoms with Crippen LogP contribution in [0.15, 0.2) is 0 Å². The zero-order chi connectivity index (χ0) is 14.9. The number of rotatable bonds is 16. The van der Waals surface area contributed by atoms with Crippen LogP contribution < -0.4 is 0 Å². The average molecular weight is 347 g/mol. The Labute approximate surface area is 137 Å². The maximum Gasteiger partial charge on any atom is 0.00338 e. The van der Waals surface area contributed by atoms with Crippen molar-refractivity contribution in [2.45, 2.75) is 110 Å². The van der Waals surface area contributed by atoms with Crippen LogP contribution >= 0.6 is 15.9 Å². The van der Waals surface area contributed by atoms with Gasteiger partial charge in [-0.05, 0) is 12.3 Å². The molecule has 1 unspecified atom stereocenters. The second kappa shape index (κ2) is 17.5. The summed E-state index contributed by atoms with van der Waals surface area (Å²) >= 11 is 3.53. The Morgan fingerprint density at radius 3 is 1.40 bits per heavy atom. The number of alkyl halides is 1. The van der Waals surface area contributed by atoms with Gasteiger partial charge in [0.15, 0.2) is 0 Å². The first-order chi connectivity index (χ1) is 9.81. The van der Waals surface area contributed by atoms with Gasteiger partial charge in [0.25, 0.3) is 0 Å². The van der Waals surface area contributed by atoms with Crippen molar-refractivity contribution in [2.24, 2.45) is 5.92 Å². The van der Waals surface area contributed by atoms with Gasteiger partial charge in [-0.3, -0.25) is 0 Å². The Kier molecular flexibility index (Phi) is 18.0. The van der Waals surface area contributed by atoms with Crippen molar-refractivity contribution < 1.29 is 0 Å². The maximum atomic E-state index is 3.53. The molecule has 0 aromatic heterocycles. The van der Waals surface area contributed by atoms with Crippen LogP contribution in [-0.2, 0) is 0 Å². The van der Waals surface area contributed by atoms with Gasteiger partial charge < -0.3 is 0 Å². The lowest BCUT2D eigenvalue weighted by molar-refractivity contribution is 0.471. The molecular formula is C19H39Br. The molecule has 0 aliphatic carbocycles. The molecule has 0 saturated carbocycles. The fraction of sp³-hybridized carbons (Fsp3) is 1.00. The lowest BCUT2D eigenvalue weighted by Gasteiger charge is -2.08. The Balaban J connectivity index is 2.99. The van der Waals surface area contributed by atoms with Crippen molar-refractivity contribution in [3.05, 3.63) is 0 Å². The zero-order valence-electron chi connectivity index (χ0n) is 14.3. The summed E-state index contributed by atoms with van der Waals surface area (Å²) in [6, 6.07) is 0. The lowest BCUT2D eigenvalue weighted by atomic mass is 9.99. The van der Waals surface area contributed by atoms with Crippen molar-refractivity contribution in [3.63, 3.8) is 0 Å². The Morgan fingerprint density at radius 2 is 1.00 bits per heavy atom. The molecule has 0 nitrogen and oxygen atoms in total. The van der Waals surface area contributed by atoms with E-state index in [2.05, 4.69) is 29.8 Å². The topological polar surface area (TPSA) is 0 Å². The smallest absolute Gasteiger partial charge is 0.00338 e. The minimum Gasteiger partial charge on any atom is -0.0928 e. The van der Waals surface area contributed by atoms with E-state index in [1.807, 2.05) is 0 Å². The van der Waals surface area contributed by atoms with Crippen LogP contribution in [0.2, 0.25) is 0 Å². The summed E-state index contributed by atoms with van der Waals surface area (Å²) in [7, 11) is 0. The highest BCUT2D eigenvalue weighted by Gasteiger charge is 2.00. The van der Waals surface area contributed by atoms with Crippen LogP contribution in [0.25, 0.3) is 0 Å². The molecule has 0 aliphatic heterocycles. The molecule has 0 bridgehead atoms. The standard InChI is InChI=1S/C19H39Br/c1-3-4-5-6-7-8-9-10-11-12-13-14-15-16-19(2)17-18-20/h19H,3-18H2,1-2H3. The van der Waals surface area contributed by atoms with Gasteiger partial charge in [0.2, 0.25) is 0 Å². The van der Waals surface area contributed by atoms with E-state index in [0.29, 0.717) is 0 Å². The third-order valence-corrected chi connectivity index (χ3v) is 4.86. The number of hydrogen-bond acceptors (Lipinski definition) is 0. The monoisotopic (exact) mass is 346 g/mol. The highest BCUT2D eigenvalue weighted by atomic mass is 79.9. The van der Waals surface area contributed by atoms with Crippen LogP contribution in [0, 0.1) is 5.92 Å². The van der Waals surface area contributed by atoms with Gasteiger partial charge in [-0.25, -0.2) is 0 Å². The summed E-state index contributed by atoms with van der Waals surface area (Å²) in [5, 5.41) is 1.17. The summed E-state index contributed by atoms with van der Waals surface area (Å²) in [4.78, 5) is 0. The second-order valence-electron chi connectivity index (χ2n) is 6.61. The first-order valence-electron chi connectivity index (χ1n) is 9.37. The molecule has 0 amide bonds. The first-order valence-corrected chi connectivity index (χ1v) is 10.5. The summed E-state index contributed by atoms with van der Waals surface area (Å²) in [5.74, 6) is 0.919. The number of unbranched alkanes of at least 4 members (excludes halogenated alkanes) is 12. The van der Waals surface area contributed by atoms with Crippen LogP contribution in [0.4, 0.5) is 0 Å². The third kappa shape index (κ3) is 16.5. The van der Waals surface area contributed by atoms with Gasteiger partial charge in [-0.1, -0.05) is 120 Å². The molecule has 0 N–H and O–H groups in total. The fourth-order valence-electron chi connectivity index (χ4n) is 2.84. The van der Waals surface area contributed by atoms with E-state index in [9.17, 15) is 0 Å². The average Bonchev–Trinajstić information content (AvgIpc) is 2.44. The molecule has 0 radical (unpaired) electrons. The molecule has 20 heavy (non-hydrogen) atoms. The summed E-state index contributed by atoms with van der Waals surface area (Å²) in [6.45, 7) is 4.68. The van der Waals surface area contributed by atoms with Gasteiger partial charge in [-0.2, -0.15) is 0 Å². The molecule has 0 aliphatic rings. The quantitative estimate of drug-likeness (QED) is 0.197. The van der Waals surface area contributed by atoms with Crippen LogP contribution in [0.3, 0.4) is 0 Å². The summed E-state index contributed by atoms with van der Waals surface area (Å²) < 4.78 is 0. The van der Waals surface area contributed by atoms with E-state index in [4.69, 9.17) is 0 Å². The van der Waals surface area contributed by atoms with Gasteiger partial charge in [0, 0.05) is 5.33 Å². The third-order valence-electron chi connectivity index (χ3n) is 4.40. The van der Waals surface area contributed by atoms with Crippen LogP contribution in [-0.4, -0.2) is 5.33 Å². The van der Waals surface area contributed by atoms with E-state index >= 15 is 0 Å². The fourth-order valence-corrected chi connectivity index (χ4v) is 3.62. The normalized spacial score (nSPS) is 12.8. The lowest BCUT2D eigenvalue weighted by Crippen LogP contribution is -1.95. The van der Waals surface area contributed by atoms with E-state index in [1.54, 1.807) is 0 Å². The minimum atomic E-state index is 0.919. The van der Waals surface area contributed by atoms with E-state index in [0.717, 1.165) is 5.92 Å². The molecule has 0 aromatic rings. The molecule has 0 rings (SSSR count). The first kappa shape index (κ1) is 20.5. The maximum absolute atomic E-state index is 3.53. The van der Waals surface area contributed by atoms with E-state index in [-0.39, 0.29) is 0 Å². The number of halogens is 1. The van der Waals surface area contributed by atoms with Crippen molar-refractivity contribution in [1.29, 1.82) is 0 Å². The summed E-state index contributed by atoms with van der Waals surface area (Å²) in [5.41, 5.74) is 0. The largest absolute Gasteiger partial charge is 0.0928 e. The zero-order valence-corrected chi connectivity index (χ0v) is 15.9.